The molecule has 1 heterocycles. The zero-order valence-corrected chi connectivity index (χ0v) is 15.8. The van der Waals surface area contributed by atoms with Gasteiger partial charge in [0, 0.05) is 10.2 Å². The van der Waals surface area contributed by atoms with Crippen LogP contribution in [-0.2, 0) is 11.4 Å². The van der Waals surface area contributed by atoms with Crippen LogP contribution in [0.3, 0.4) is 0 Å². The van der Waals surface area contributed by atoms with Crippen LogP contribution < -0.4 is 10.1 Å². The lowest BCUT2D eigenvalue weighted by molar-refractivity contribution is -0.113. The molecular weight excluding hydrogens is 423 g/mol. The molecule has 0 saturated carbocycles. The van der Waals surface area contributed by atoms with Crippen LogP contribution in [0, 0.1) is 5.82 Å². The largest absolute Gasteiger partial charge is 0.486 e. The maximum Gasteiger partial charge on any atom is 0.234 e. The fraction of sp³-hybridized carbons (Fsp3) is 0.118. The first-order chi connectivity index (χ1) is 12.6. The molecule has 0 saturated heterocycles. The van der Waals surface area contributed by atoms with Gasteiger partial charge in [-0.3, -0.25) is 9.89 Å². The van der Waals surface area contributed by atoms with Crippen molar-refractivity contribution in [2.45, 2.75) is 11.8 Å². The summed E-state index contributed by atoms with van der Waals surface area (Å²) in [6.45, 7) is 0.241. The zero-order chi connectivity index (χ0) is 18.4. The molecule has 3 rings (SSSR count). The summed E-state index contributed by atoms with van der Waals surface area (Å²) in [5, 5.41) is 9.86. The molecule has 1 amide bonds. The fourth-order valence-corrected chi connectivity index (χ4v) is 2.86. The number of ether oxygens (including phenoxy) is 1. The first kappa shape index (κ1) is 18.4. The van der Waals surface area contributed by atoms with Gasteiger partial charge >= 0.3 is 0 Å². The Morgan fingerprint density at radius 3 is 2.85 bits per heavy atom. The lowest BCUT2D eigenvalue weighted by atomic mass is 10.3. The summed E-state index contributed by atoms with van der Waals surface area (Å²) in [6, 6.07) is 13.2. The number of H-pyrrole nitrogens is 1. The van der Waals surface area contributed by atoms with Crippen LogP contribution in [-0.4, -0.2) is 26.8 Å². The fourth-order valence-electron chi connectivity index (χ4n) is 1.98. The molecule has 0 aliphatic carbocycles. The maximum atomic E-state index is 13.1. The third-order valence-electron chi connectivity index (χ3n) is 3.14. The number of hydrogen-bond acceptors (Lipinski definition) is 5. The van der Waals surface area contributed by atoms with Gasteiger partial charge < -0.3 is 10.1 Å². The Kier molecular flexibility index (Phi) is 6.24. The molecule has 0 aliphatic rings. The summed E-state index contributed by atoms with van der Waals surface area (Å²) in [6.07, 6.45) is 0. The Bertz CT molecular complexity index is 888. The molecule has 0 radical (unpaired) electrons. The minimum atomic E-state index is -0.403. The van der Waals surface area contributed by atoms with E-state index in [-0.39, 0.29) is 18.3 Å². The van der Waals surface area contributed by atoms with Gasteiger partial charge in [0.15, 0.2) is 5.82 Å². The second-order valence-electron chi connectivity index (χ2n) is 5.15. The Balaban J connectivity index is 1.45. The van der Waals surface area contributed by atoms with Gasteiger partial charge in [-0.15, -0.1) is 5.10 Å². The summed E-state index contributed by atoms with van der Waals surface area (Å²) < 4.78 is 19.7. The number of hydrogen-bond donors (Lipinski definition) is 2. The lowest BCUT2D eigenvalue weighted by Crippen LogP contribution is -2.14. The molecule has 6 nitrogen and oxygen atoms in total. The summed E-state index contributed by atoms with van der Waals surface area (Å²) in [5.41, 5.74) is 0.411. The van der Waals surface area contributed by atoms with Crippen molar-refractivity contribution in [3.8, 4) is 5.75 Å². The molecule has 9 heteroatoms. The van der Waals surface area contributed by atoms with Crippen LogP contribution in [0.25, 0.3) is 0 Å². The van der Waals surface area contributed by atoms with E-state index >= 15 is 0 Å². The van der Waals surface area contributed by atoms with Gasteiger partial charge in [-0.2, -0.15) is 0 Å². The number of benzene rings is 2. The third-order valence-corrected chi connectivity index (χ3v) is 4.52. The number of aromatic nitrogens is 3. The van der Waals surface area contributed by atoms with Crippen molar-refractivity contribution in [2.24, 2.45) is 0 Å². The van der Waals surface area contributed by atoms with E-state index in [2.05, 4.69) is 36.4 Å². The number of thioether (sulfide) groups is 1. The van der Waals surface area contributed by atoms with E-state index in [0.717, 1.165) is 4.47 Å². The molecule has 134 valence electrons. The highest BCUT2D eigenvalue weighted by molar-refractivity contribution is 9.10. The number of halogens is 2. The SMILES string of the molecule is O=C(CSc1n[nH]c(COc2ccc(Br)cc2)n1)Nc1cccc(F)c1. The van der Waals surface area contributed by atoms with Gasteiger partial charge in [-0.05, 0) is 42.5 Å². The average molecular weight is 437 g/mol. The van der Waals surface area contributed by atoms with Gasteiger partial charge in [0.1, 0.15) is 18.2 Å². The molecule has 26 heavy (non-hydrogen) atoms. The van der Waals surface area contributed by atoms with Crippen molar-refractivity contribution < 1.29 is 13.9 Å². The number of carbonyl (C=O) groups is 1. The van der Waals surface area contributed by atoms with Crippen molar-refractivity contribution >= 4 is 39.3 Å². The van der Waals surface area contributed by atoms with Crippen LogP contribution in [0.5, 0.6) is 5.75 Å². The highest BCUT2D eigenvalue weighted by Gasteiger charge is 2.09. The number of rotatable bonds is 7. The number of nitrogens with zero attached hydrogens (tertiary/aromatic N) is 2. The van der Waals surface area contributed by atoms with Crippen LogP contribution in [0.1, 0.15) is 5.82 Å². The van der Waals surface area contributed by atoms with E-state index in [1.807, 2.05) is 24.3 Å². The monoisotopic (exact) mass is 436 g/mol. The Morgan fingerprint density at radius 1 is 1.27 bits per heavy atom. The number of amides is 1. The van der Waals surface area contributed by atoms with Crippen molar-refractivity contribution in [2.75, 3.05) is 11.1 Å². The van der Waals surface area contributed by atoms with E-state index in [9.17, 15) is 9.18 Å². The maximum absolute atomic E-state index is 13.1. The topological polar surface area (TPSA) is 79.9 Å². The van der Waals surface area contributed by atoms with Gasteiger partial charge in [0.25, 0.3) is 0 Å². The number of aromatic amines is 1. The molecule has 1 aromatic heterocycles. The molecule has 0 atom stereocenters. The molecule has 2 aromatic carbocycles. The first-order valence-electron chi connectivity index (χ1n) is 7.56. The summed E-state index contributed by atoms with van der Waals surface area (Å²) in [4.78, 5) is 16.2. The molecule has 0 aliphatic heterocycles. The predicted molar refractivity (Wildman–Crippen MR) is 101 cm³/mol. The van der Waals surface area contributed by atoms with E-state index in [4.69, 9.17) is 4.74 Å². The van der Waals surface area contributed by atoms with E-state index in [1.165, 1.54) is 30.0 Å². The van der Waals surface area contributed by atoms with Crippen molar-refractivity contribution in [3.63, 3.8) is 0 Å². The van der Waals surface area contributed by atoms with Crippen LogP contribution in [0.4, 0.5) is 10.1 Å². The Labute approximate surface area is 161 Å². The normalized spacial score (nSPS) is 10.5. The molecule has 0 unspecified atom stereocenters. The number of carbonyl (C=O) groups excluding carboxylic acids is 1. The summed E-state index contributed by atoms with van der Waals surface area (Å²) >= 11 is 4.54. The second kappa shape index (κ2) is 8.81. The van der Waals surface area contributed by atoms with Gasteiger partial charge in [-0.1, -0.05) is 33.8 Å². The zero-order valence-electron chi connectivity index (χ0n) is 13.4. The second-order valence-corrected chi connectivity index (χ2v) is 7.01. The molecule has 3 aromatic rings. The van der Waals surface area contributed by atoms with Crippen LogP contribution in [0.2, 0.25) is 0 Å². The first-order valence-corrected chi connectivity index (χ1v) is 9.34. The molecular formula is C17H14BrFN4O2S. The lowest BCUT2D eigenvalue weighted by Gasteiger charge is -2.04. The van der Waals surface area contributed by atoms with Crippen LogP contribution in [0.15, 0.2) is 58.2 Å². The minimum absolute atomic E-state index is 0.112. The van der Waals surface area contributed by atoms with E-state index in [1.54, 1.807) is 6.07 Å². The van der Waals surface area contributed by atoms with Crippen molar-refractivity contribution in [1.29, 1.82) is 0 Å². The van der Waals surface area contributed by atoms with Crippen LogP contribution >= 0.6 is 27.7 Å². The third kappa shape index (κ3) is 5.57. The average Bonchev–Trinajstić information content (AvgIpc) is 3.07. The molecule has 2 N–H and O–H groups in total. The van der Waals surface area contributed by atoms with E-state index in [0.29, 0.717) is 22.4 Å². The molecule has 0 fully saturated rings. The minimum Gasteiger partial charge on any atom is -0.486 e. The summed E-state index contributed by atoms with van der Waals surface area (Å²) in [7, 11) is 0. The van der Waals surface area contributed by atoms with Gasteiger partial charge in [0.2, 0.25) is 11.1 Å². The Morgan fingerprint density at radius 2 is 2.08 bits per heavy atom. The van der Waals surface area contributed by atoms with Gasteiger partial charge in [0.05, 0.1) is 5.75 Å². The Hall–Kier alpha value is -2.39. The van der Waals surface area contributed by atoms with Crippen molar-refractivity contribution in [1.82, 2.24) is 15.2 Å². The smallest absolute Gasteiger partial charge is 0.234 e. The number of nitrogens with one attached hydrogen (secondary N) is 2. The highest BCUT2D eigenvalue weighted by atomic mass is 79.9. The highest BCUT2D eigenvalue weighted by Crippen LogP contribution is 2.18. The number of anilines is 1. The summed E-state index contributed by atoms with van der Waals surface area (Å²) in [5.74, 6) is 0.716. The molecule has 0 spiro atoms. The van der Waals surface area contributed by atoms with Crippen molar-refractivity contribution in [3.05, 3.63) is 64.6 Å². The standard InChI is InChI=1S/C17H14BrFN4O2S/c18-11-4-6-14(7-5-11)25-9-15-21-17(23-22-15)26-10-16(24)20-13-3-1-2-12(19)8-13/h1-8H,9-10H2,(H,20,24)(H,21,22,23). The quantitative estimate of drug-likeness (QED) is 0.546. The van der Waals surface area contributed by atoms with Gasteiger partial charge in [-0.25, -0.2) is 9.37 Å². The predicted octanol–water partition coefficient (Wildman–Crippen LogP) is 4.02. The molecule has 0 bridgehead atoms. The van der Waals surface area contributed by atoms with E-state index < -0.39 is 5.82 Å².